The first-order valence-electron chi connectivity index (χ1n) is 11.8. The van der Waals surface area contributed by atoms with Gasteiger partial charge in [-0.1, -0.05) is 34.1 Å². The number of hydrogen-bond acceptors (Lipinski definition) is 7. The first-order chi connectivity index (χ1) is 17.7. The molecule has 0 amide bonds. The van der Waals surface area contributed by atoms with E-state index in [4.69, 9.17) is 9.88 Å². The average Bonchev–Trinajstić information content (AvgIpc) is 3.42. The van der Waals surface area contributed by atoms with Crippen LogP contribution in [0.25, 0.3) is 21.8 Å². The van der Waals surface area contributed by atoms with Crippen molar-refractivity contribution in [2.75, 3.05) is 6.61 Å². The Labute approximate surface area is 227 Å². The number of benzene rings is 1. The number of carbonyl (C=O) groups is 1. The maximum Gasteiger partial charge on any atom is 0.357 e. The van der Waals surface area contributed by atoms with Crippen LogP contribution in [0.1, 0.15) is 41.5 Å². The zero-order chi connectivity index (χ0) is 26.2. The highest BCUT2D eigenvalue weighted by atomic mass is 79.9. The van der Waals surface area contributed by atoms with Gasteiger partial charge in [-0.05, 0) is 67.5 Å². The fraction of sp³-hybridized carbons (Fsp3) is 0.269. The van der Waals surface area contributed by atoms with Gasteiger partial charge in [0.2, 0.25) is 0 Å². The minimum atomic E-state index is -3.87. The summed E-state index contributed by atoms with van der Waals surface area (Å²) >= 11 is 5.00. The summed E-state index contributed by atoms with van der Waals surface area (Å²) in [6, 6.07) is 13.4. The first kappa shape index (κ1) is 25.8. The van der Waals surface area contributed by atoms with Crippen molar-refractivity contribution in [3.05, 3.63) is 75.5 Å². The summed E-state index contributed by atoms with van der Waals surface area (Å²) in [7, 11) is -3.87. The fourth-order valence-electron chi connectivity index (χ4n) is 4.21. The second kappa shape index (κ2) is 10.5. The lowest BCUT2D eigenvalue weighted by molar-refractivity contribution is 0.0520. The number of nitrogens with two attached hydrogens (primary N) is 1. The summed E-state index contributed by atoms with van der Waals surface area (Å²) < 4.78 is 31.7. The number of sulfonamides is 1. The van der Waals surface area contributed by atoms with Gasteiger partial charge in [-0.15, -0.1) is 11.3 Å². The largest absolute Gasteiger partial charge is 0.461 e. The number of rotatable bonds is 9. The van der Waals surface area contributed by atoms with Crippen molar-refractivity contribution in [3.8, 4) is 21.8 Å². The van der Waals surface area contributed by atoms with Crippen LogP contribution in [0.3, 0.4) is 0 Å². The van der Waals surface area contributed by atoms with Crippen molar-refractivity contribution >= 4 is 43.3 Å². The van der Waals surface area contributed by atoms with Crippen LogP contribution >= 0.6 is 27.3 Å². The molecule has 8 nitrogen and oxygen atoms in total. The van der Waals surface area contributed by atoms with Gasteiger partial charge in [0.05, 0.1) is 6.61 Å². The summed E-state index contributed by atoms with van der Waals surface area (Å²) in [5.74, 6) is 0.163. The van der Waals surface area contributed by atoms with Crippen LogP contribution in [-0.2, 0) is 27.7 Å². The summed E-state index contributed by atoms with van der Waals surface area (Å²) in [6.07, 6.45) is 4.77. The summed E-state index contributed by atoms with van der Waals surface area (Å²) in [6.45, 7) is 2.55. The number of aromatic nitrogens is 3. The van der Waals surface area contributed by atoms with Crippen LogP contribution in [0.15, 0.2) is 63.5 Å². The lowest BCUT2D eigenvalue weighted by atomic mass is 10.1. The predicted octanol–water partition coefficient (Wildman–Crippen LogP) is 5.26. The summed E-state index contributed by atoms with van der Waals surface area (Å²) in [5.41, 5.74) is 5.27. The zero-order valence-corrected chi connectivity index (χ0v) is 23.3. The van der Waals surface area contributed by atoms with Crippen LogP contribution in [0.5, 0.6) is 0 Å². The van der Waals surface area contributed by atoms with Crippen molar-refractivity contribution in [1.29, 1.82) is 0 Å². The lowest BCUT2D eigenvalue weighted by Crippen LogP contribution is -2.14. The third kappa shape index (κ3) is 5.85. The zero-order valence-electron chi connectivity index (χ0n) is 20.1. The van der Waals surface area contributed by atoms with E-state index in [1.807, 2.05) is 12.1 Å². The second-order valence-electron chi connectivity index (χ2n) is 8.94. The Morgan fingerprint density at radius 2 is 2.05 bits per heavy atom. The molecule has 1 aromatic carbocycles. The fourth-order valence-corrected chi connectivity index (χ4v) is 5.89. The monoisotopic (exact) mass is 600 g/mol. The molecule has 4 aromatic rings. The SMILES string of the molecule is CCOC(=O)c1csc(-c2cc(-c3cccc(Br)c3)n(Cc3ccc(S(N)(=O)=O)nc3)c2CC2CC2)n1. The molecule has 0 unspecified atom stereocenters. The van der Waals surface area contributed by atoms with E-state index in [0.717, 1.165) is 44.0 Å². The molecule has 1 fully saturated rings. The molecule has 3 aromatic heterocycles. The lowest BCUT2D eigenvalue weighted by Gasteiger charge is -2.15. The van der Waals surface area contributed by atoms with E-state index in [1.165, 1.54) is 30.2 Å². The standard InChI is InChI=1S/C26H25BrN4O4S2/c1-2-35-26(32)21-15-36-25(30-21)20-12-22(18-4-3-5-19(27)11-18)31(23(20)10-16-6-7-16)14-17-8-9-24(29-13-17)37(28,33)34/h3-5,8-9,11-13,15-16H,2,6-7,10,14H2,1H3,(H2,28,33,34). The van der Waals surface area contributed by atoms with Crippen molar-refractivity contribution < 1.29 is 17.9 Å². The van der Waals surface area contributed by atoms with E-state index in [2.05, 4.69) is 48.7 Å². The molecule has 1 saturated carbocycles. The van der Waals surface area contributed by atoms with Gasteiger partial charge in [0, 0.05) is 39.5 Å². The van der Waals surface area contributed by atoms with Crippen molar-refractivity contribution in [2.24, 2.45) is 11.1 Å². The van der Waals surface area contributed by atoms with Crippen LogP contribution in [0.2, 0.25) is 0 Å². The number of hydrogen-bond donors (Lipinski definition) is 1. The molecule has 3 heterocycles. The van der Waals surface area contributed by atoms with Crippen LogP contribution in [0.4, 0.5) is 0 Å². The molecule has 1 aliphatic carbocycles. The minimum Gasteiger partial charge on any atom is -0.461 e. The smallest absolute Gasteiger partial charge is 0.357 e. The molecule has 0 saturated heterocycles. The molecule has 1 aliphatic rings. The van der Waals surface area contributed by atoms with Crippen LogP contribution < -0.4 is 5.14 Å². The Hall–Kier alpha value is -2.86. The molecule has 0 bridgehead atoms. The van der Waals surface area contributed by atoms with Gasteiger partial charge in [-0.25, -0.2) is 28.3 Å². The van der Waals surface area contributed by atoms with E-state index >= 15 is 0 Å². The summed E-state index contributed by atoms with van der Waals surface area (Å²) in [5, 5.41) is 7.56. The number of thiazole rings is 1. The van der Waals surface area contributed by atoms with Gasteiger partial charge in [-0.2, -0.15) is 0 Å². The highest BCUT2D eigenvalue weighted by Crippen LogP contribution is 2.41. The number of ether oxygens (including phenoxy) is 1. The van der Waals surface area contributed by atoms with E-state index in [9.17, 15) is 13.2 Å². The Morgan fingerprint density at radius 3 is 2.70 bits per heavy atom. The third-order valence-corrected chi connectivity index (χ3v) is 8.35. The Bertz CT molecular complexity index is 1560. The molecular weight excluding hydrogens is 576 g/mol. The van der Waals surface area contributed by atoms with Crippen molar-refractivity contribution in [1.82, 2.24) is 14.5 Å². The van der Waals surface area contributed by atoms with Gasteiger partial charge in [0.15, 0.2) is 10.7 Å². The number of primary sulfonamides is 1. The number of esters is 1. The molecule has 192 valence electrons. The maximum absolute atomic E-state index is 12.3. The number of nitrogens with zero attached hydrogens (tertiary/aromatic N) is 3. The topological polar surface area (TPSA) is 117 Å². The molecule has 11 heteroatoms. The number of carbonyl (C=O) groups excluding carboxylic acids is 1. The van der Waals surface area contributed by atoms with Gasteiger partial charge >= 0.3 is 5.97 Å². The first-order valence-corrected chi connectivity index (χ1v) is 15.0. The summed E-state index contributed by atoms with van der Waals surface area (Å²) in [4.78, 5) is 21.0. The average molecular weight is 602 g/mol. The Kier molecular flexibility index (Phi) is 7.30. The molecule has 0 radical (unpaired) electrons. The van der Waals surface area contributed by atoms with Gasteiger partial charge in [0.1, 0.15) is 5.01 Å². The molecular formula is C26H25BrN4O4S2. The molecule has 0 aliphatic heterocycles. The minimum absolute atomic E-state index is 0.163. The van der Waals surface area contributed by atoms with Gasteiger partial charge in [-0.3, -0.25) is 0 Å². The van der Waals surface area contributed by atoms with Crippen LogP contribution in [-0.4, -0.2) is 35.5 Å². The highest BCUT2D eigenvalue weighted by molar-refractivity contribution is 9.10. The van der Waals surface area contributed by atoms with Crippen LogP contribution in [0, 0.1) is 5.92 Å². The predicted molar refractivity (Wildman–Crippen MR) is 146 cm³/mol. The Morgan fingerprint density at radius 1 is 1.24 bits per heavy atom. The third-order valence-electron chi connectivity index (χ3n) is 6.16. The van der Waals surface area contributed by atoms with Gasteiger partial charge in [0.25, 0.3) is 10.0 Å². The van der Waals surface area contributed by atoms with E-state index in [1.54, 1.807) is 24.6 Å². The molecule has 37 heavy (non-hydrogen) atoms. The molecule has 5 rings (SSSR count). The van der Waals surface area contributed by atoms with Crippen molar-refractivity contribution in [2.45, 2.75) is 37.8 Å². The number of halogens is 1. The molecule has 0 spiro atoms. The quantitative estimate of drug-likeness (QED) is 0.262. The normalized spacial score (nSPS) is 13.6. The maximum atomic E-state index is 12.3. The van der Waals surface area contributed by atoms with E-state index in [0.29, 0.717) is 24.8 Å². The van der Waals surface area contributed by atoms with Gasteiger partial charge < -0.3 is 9.30 Å². The molecule has 0 atom stereocenters. The van der Waals surface area contributed by atoms with Crippen molar-refractivity contribution in [3.63, 3.8) is 0 Å². The van der Waals surface area contributed by atoms with E-state index in [-0.39, 0.29) is 5.03 Å². The van der Waals surface area contributed by atoms with E-state index < -0.39 is 16.0 Å². The second-order valence-corrected chi connectivity index (χ2v) is 12.2. The molecule has 2 N–H and O–H groups in total. The number of pyridine rings is 1. The highest BCUT2D eigenvalue weighted by Gasteiger charge is 2.28. The Balaban J connectivity index is 1.63.